The van der Waals surface area contributed by atoms with Crippen LogP contribution < -0.4 is 10.9 Å². The Morgan fingerprint density at radius 3 is 2.69 bits per heavy atom. The molecule has 0 atom stereocenters. The first-order valence-electron chi connectivity index (χ1n) is 10.4. The summed E-state index contributed by atoms with van der Waals surface area (Å²) in [5.74, 6) is -0.203. The van der Waals surface area contributed by atoms with Gasteiger partial charge in [0.2, 0.25) is 0 Å². The van der Waals surface area contributed by atoms with Gasteiger partial charge < -0.3 is 10.2 Å². The highest BCUT2D eigenvalue weighted by Crippen LogP contribution is 2.23. The maximum absolute atomic E-state index is 12.7. The van der Waals surface area contributed by atoms with E-state index in [1.54, 1.807) is 4.40 Å². The molecule has 0 aliphatic heterocycles. The van der Waals surface area contributed by atoms with Crippen molar-refractivity contribution in [1.82, 2.24) is 19.6 Å². The van der Waals surface area contributed by atoms with Gasteiger partial charge in [-0.3, -0.25) is 14.0 Å². The van der Waals surface area contributed by atoms with Crippen molar-refractivity contribution in [3.8, 4) is 0 Å². The zero-order chi connectivity index (χ0) is 20.5. The largest absolute Gasteiger partial charge is 0.350 e. The smallest absolute Gasteiger partial charge is 0.261 e. The minimum absolute atomic E-state index is 0.203. The molecule has 1 aliphatic carbocycles. The SMILES string of the molecule is Cc1cc2nc3sc(C(=O)NCCN(C)C4CCCCC4)cc(=O)n3c2cc1C. The molecule has 2 heterocycles. The molecule has 2 aromatic heterocycles. The van der Waals surface area contributed by atoms with Gasteiger partial charge in [0.15, 0.2) is 4.96 Å². The van der Waals surface area contributed by atoms with Gasteiger partial charge in [-0.05, 0) is 57.0 Å². The highest BCUT2D eigenvalue weighted by atomic mass is 32.1. The van der Waals surface area contributed by atoms with Crippen molar-refractivity contribution >= 4 is 33.2 Å². The minimum Gasteiger partial charge on any atom is -0.350 e. The first-order valence-corrected chi connectivity index (χ1v) is 11.2. The Bertz CT molecular complexity index is 1110. The fourth-order valence-electron chi connectivity index (χ4n) is 4.15. The number of aromatic nitrogens is 2. The monoisotopic (exact) mass is 412 g/mol. The van der Waals surface area contributed by atoms with Crippen molar-refractivity contribution in [2.75, 3.05) is 20.1 Å². The second kappa shape index (κ2) is 8.24. The van der Waals surface area contributed by atoms with Gasteiger partial charge in [-0.1, -0.05) is 30.6 Å². The summed E-state index contributed by atoms with van der Waals surface area (Å²) < 4.78 is 1.60. The molecule has 0 bridgehead atoms. The van der Waals surface area contributed by atoms with Crippen molar-refractivity contribution in [1.29, 1.82) is 0 Å². The molecule has 29 heavy (non-hydrogen) atoms. The average Bonchev–Trinajstić information content (AvgIpc) is 3.06. The van der Waals surface area contributed by atoms with E-state index in [-0.39, 0.29) is 11.5 Å². The topological polar surface area (TPSA) is 66.7 Å². The number of likely N-dealkylation sites (N-methyl/N-ethyl adjacent to an activating group) is 1. The third-order valence-electron chi connectivity index (χ3n) is 6.09. The summed E-state index contributed by atoms with van der Waals surface area (Å²) in [5.41, 5.74) is 3.62. The van der Waals surface area contributed by atoms with Crippen LogP contribution in [0, 0.1) is 13.8 Å². The van der Waals surface area contributed by atoms with Crippen molar-refractivity contribution in [2.24, 2.45) is 0 Å². The molecule has 3 aromatic rings. The van der Waals surface area contributed by atoms with Gasteiger partial charge in [0.25, 0.3) is 11.5 Å². The van der Waals surface area contributed by atoms with Crippen molar-refractivity contribution in [2.45, 2.75) is 52.0 Å². The number of amides is 1. The number of benzene rings is 1. The first-order chi connectivity index (χ1) is 13.9. The fraction of sp³-hybridized carbons (Fsp3) is 0.500. The van der Waals surface area contributed by atoms with Crippen LogP contribution in [0.2, 0.25) is 0 Å². The van der Waals surface area contributed by atoms with E-state index < -0.39 is 0 Å². The Morgan fingerprint density at radius 1 is 1.21 bits per heavy atom. The third kappa shape index (κ3) is 4.07. The predicted molar refractivity (Wildman–Crippen MR) is 118 cm³/mol. The number of carbonyl (C=O) groups is 1. The fourth-order valence-corrected chi connectivity index (χ4v) is 5.09. The number of aryl methyl sites for hydroxylation is 2. The third-order valence-corrected chi connectivity index (χ3v) is 7.07. The Morgan fingerprint density at radius 2 is 1.93 bits per heavy atom. The molecule has 4 rings (SSSR count). The summed E-state index contributed by atoms with van der Waals surface area (Å²) in [6.45, 7) is 5.45. The summed E-state index contributed by atoms with van der Waals surface area (Å²) >= 11 is 1.26. The number of carbonyl (C=O) groups excluding carboxylic acids is 1. The lowest BCUT2D eigenvalue weighted by Gasteiger charge is -2.31. The minimum atomic E-state index is -0.214. The Labute approximate surface area is 174 Å². The van der Waals surface area contributed by atoms with Crippen LogP contribution >= 0.6 is 11.3 Å². The number of nitrogens with zero attached hydrogens (tertiary/aromatic N) is 3. The van der Waals surface area contributed by atoms with Gasteiger partial charge in [-0.15, -0.1) is 0 Å². The van der Waals surface area contributed by atoms with E-state index in [2.05, 4.69) is 22.2 Å². The van der Waals surface area contributed by atoms with Crippen molar-refractivity contribution in [3.05, 3.63) is 44.6 Å². The average molecular weight is 413 g/mol. The van der Waals surface area contributed by atoms with Crippen molar-refractivity contribution < 1.29 is 4.79 Å². The van der Waals surface area contributed by atoms with Gasteiger partial charge in [0, 0.05) is 25.2 Å². The zero-order valence-corrected chi connectivity index (χ0v) is 18.1. The second-order valence-corrected chi connectivity index (χ2v) is 9.14. The van der Waals surface area contributed by atoms with Crippen LogP contribution in [0.25, 0.3) is 16.0 Å². The van der Waals surface area contributed by atoms with E-state index in [9.17, 15) is 9.59 Å². The number of nitrogens with one attached hydrogen (secondary N) is 1. The Balaban J connectivity index is 1.49. The standard InChI is InChI=1S/C22H28N4O2S/c1-14-11-17-18(12-15(14)2)26-20(27)13-19(29-22(26)24-17)21(28)23-9-10-25(3)16-7-5-4-6-8-16/h11-13,16H,4-10H2,1-3H3,(H,23,28). The molecule has 7 heteroatoms. The number of hydrogen-bond acceptors (Lipinski definition) is 5. The van der Waals surface area contributed by atoms with Gasteiger partial charge in [-0.2, -0.15) is 0 Å². The van der Waals surface area contributed by atoms with E-state index >= 15 is 0 Å². The van der Waals surface area contributed by atoms with E-state index in [1.807, 2.05) is 26.0 Å². The van der Waals surface area contributed by atoms with Gasteiger partial charge in [0.1, 0.15) is 4.88 Å². The zero-order valence-electron chi connectivity index (χ0n) is 17.3. The quantitative estimate of drug-likeness (QED) is 0.696. The van der Waals surface area contributed by atoms with Crippen LogP contribution in [0.4, 0.5) is 0 Å². The van der Waals surface area contributed by atoms with Crippen LogP contribution in [0.3, 0.4) is 0 Å². The van der Waals surface area contributed by atoms with E-state index in [1.165, 1.54) is 49.5 Å². The van der Waals surface area contributed by atoms with Gasteiger partial charge in [0.05, 0.1) is 11.0 Å². The molecule has 0 unspecified atom stereocenters. The Hall–Kier alpha value is -2.25. The summed E-state index contributed by atoms with van der Waals surface area (Å²) in [5, 5.41) is 2.97. The normalized spacial score (nSPS) is 15.4. The highest BCUT2D eigenvalue weighted by Gasteiger charge is 2.18. The molecule has 1 amide bonds. The first kappa shape index (κ1) is 20.0. The van der Waals surface area contributed by atoms with E-state index in [4.69, 9.17) is 0 Å². The molecule has 0 spiro atoms. The highest BCUT2D eigenvalue weighted by molar-refractivity contribution is 7.18. The van der Waals surface area contributed by atoms with Crippen LogP contribution in [0.15, 0.2) is 23.0 Å². The molecular formula is C22H28N4O2S. The van der Waals surface area contributed by atoms with Crippen LogP contribution in [-0.4, -0.2) is 46.4 Å². The molecule has 0 radical (unpaired) electrons. The maximum atomic E-state index is 12.7. The van der Waals surface area contributed by atoms with Crippen molar-refractivity contribution in [3.63, 3.8) is 0 Å². The number of imidazole rings is 1. The van der Waals surface area contributed by atoms with Crippen LogP contribution in [0.1, 0.15) is 52.9 Å². The summed E-state index contributed by atoms with van der Waals surface area (Å²) in [4.78, 5) is 33.2. The van der Waals surface area contributed by atoms with Crippen LogP contribution in [0.5, 0.6) is 0 Å². The molecule has 1 N–H and O–H groups in total. The van der Waals surface area contributed by atoms with Gasteiger partial charge >= 0.3 is 0 Å². The van der Waals surface area contributed by atoms with Crippen LogP contribution in [-0.2, 0) is 0 Å². The second-order valence-electron chi connectivity index (χ2n) is 8.13. The van der Waals surface area contributed by atoms with Gasteiger partial charge in [-0.25, -0.2) is 4.98 Å². The van der Waals surface area contributed by atoms with E-state index in [0.29, 0.717) is 22.4 Å². The summed E-state index contributed by atoms with van der Waals surface area (Å²) in [6, 6.07) is 6.02. The molecule has 1 fully saturated rings. The molecular weight excluding hydrogens is 384 g/mol. The molecule has 1 aromatic carbocycles. The number of fused-ring (bicyclic) bond motifs is 3. The van der Waals surface area contributed by atoms with E-state index in [0.717, 1.165) is 28.7 Å². The summed E-state index contributed by atoms with van der Waals surface area (Å²) in [7, 11) is 2.13. The molecule has 1 saturated carbocycles. The lowest BCUT2D eigenvalue weighted by molar-refractivity contribution is 0.0948. The maximum Gasteiger partial charge on any atom is 0.261 e. The molecule has 0 saturated heterocycles. The molecule has 1 aliphatic rings. The predicted octanol–water partition coefficient (Wildman–Crippen LogP) is 3.52. The summed E-state index contributed by atoms with van der Waals surface area (Å²) in [6.07, 6.45) is 6.43. The Kier molecular flexibility index (Phi) is 5.69. The molecule has 154 valence electrons. The number of hydrogen-bond donors (Lipinski definition) is 1. The lowest BCUT2D eigenvalue weighted by Crippen LogP contribution is -2.39. The molecule has 6 nitrogen and oxygen atoms in total. The lowest BCUT2D eigenvalue weighted by atomic mass is 9.94. The number of rotatable bonds is 5.